The molecule has 0 aliphatic rings. The summed E-state index contributed by atoms with van der Waals surface area (Å²) in [6.07, 6.45) is 0.459. The molecule has 3 rings (SSSR count). The number of amides is 1. The molecule has 0 spiro atoms. The summed E-state index contributed by atoms with van der Waals surface area (Å²) in [5.74, 6) is 0.735. The highest BCUT2D eigenvalue weighted by molar-refractivity contribution is 7.99. The predicted octanol–water partition coefficient (Wildman–Crippen LogP) is 5.65. The van der Waals surface area contributed by atoms with Crippen LogP contribution in [0.1, 0.15) is 32.8 Å². The van der Waals surface area contributed by atoms with Crippen LogP contribution in [0.4, 0.5) is 5.69 Å². The number of pyridine rings is 1. The average Bonchev–Trinajstić information content (AvgIpc) is 2.61. The Balaban J connectivity index is 1.50. The summed E-state index contributed by atoms with van der Waals surface area (Å²) in [5, 5.41) is 5.05. The van der Waals surface area contributed by atoms with Gasteiger partial charge in [-0.3, -0.25) is 4.79 Å². The molecule has 26 heavy (non-hydrogen) atoms. The Kier molecular flexibility index (Phi) is 5.62. The highest BCUT2D eigenvalue weighted by Gasteiger charge is 2.13. The predicted molar refractivity (Wildman–Crippen MR) is 111 cm³/mol. The maximum absolute atomic E-state index is 12.2. The largest absolute Gasteiger partial charge is 0.326 e. The summed E-state index contributed by atoms with van der Waals surface area (Å²) in [6.45, 7) is 6.54. The lowest BCUT2D eigenvalue weighted by Crippen LogP contribution is -2.13. The van der Waals surface area contributed by atoms with E-state index in [0.29, 0.717) is 12.2 Å². The fourth-order valence-electron chi connectivity index (χ4n) is 2.65. The van der Waals surface area contributed by atoms with Gasteiger partial charge in [-0.05, 0) is 35.2 Å². The molecule has 2 aromatic carbocycles. The zero-order valence-corrected chi connectivity index (χ0v) is 16.3. The van der Waals surface area contributed by atoms with Crippen molar-refractivity contribution in [2.75, 3.05) is 11.1 Å². The van der Waals surface area contributed by atoms with Gasteiger partial charge in [0.1, 0.15) is 0 Å². The van der Waals surface area contributed by atoms with E-state index in [-0.39, 0.29) is 11.3 Å². The van der Waals surface area contributed by atoms with E-state index in [1.54, 1.807) is 11.8 Å². The molecule has 0 radical (unpaired) electrons. The Hall–Kier alpha value is -2.33. The van der Waals surface area contributed by atoms with Crippen molar-refractivity contribution in [3.8, 4) is 0 Å². The number of fused-ring (bicyclic) bond motifs is 1. The maximum Gasteiger partial charge on any atom is 0.225 e. The molecule has 0 saturated heterocycles. The number of para-hydroxylation sites is 1. The van der Waals surface area contributed by atoms with E-state index in [9.17, 15) is 4.79 Å². The molecular weight excluding hydrogens is 340 g/mol. The number of carbonyl (C=O) groups excluding carboxylic acids is 1. The quantitative estimate of drug-likeness (QED) is 0.595. The third-order valence-electron chi connectivity index (χ3n) is 4.19. The van der Waals surface area contributed by atoms with E-state index < -0.39 is 0 Å². The van der Waals surface area contributed by atoms with Gasteiger partial charge in [0.15, 0.2) is 0 Å². The molecular formula is C22H24N2OS. The number of rotatable bonds is 5. The SMILES string of the molecule is CC(C)(C)c1ccc(NC(=O)CCSc2ccc3ccccc3n2)cc1. The van der Waals surface area contributed by atoms with Crippen LogP contribution in [0, 0.1) is 0 Å². The zero-order chi connectivity index (χ0) is 18.6. The molecule has 0 bridgehead atoms. The number of hydrogen-bond acceptors (Lipinski definition) is 3. The lowest BCUT2D eigenvalue weighted by atomic mass is 9.87. The first-order valence-electron chi connectivity index (χ1n) is 8.81. The zero-order valence-electron chi connectivity index (χ0n) is 15.5. The molecule has 1 N–H and O–H groups in total. The van der Waals surface area contributed by atoms with Gasteiger partial charge in [-0.25, -0.2) is 4.98 Å². The van der Waals surface area contributed by atoms with Gasteiger partial charge in [0, 0.05) is 23.2 Å². The van der Waals surface area contributed by atoms with Crippen molar-refractivity contribution in [2.24, 2.45) is 0 Å². The number of hydrogen-bond donors (Lipinski definition) is 1. The van der Waals surface area contributed by atoms with Gasteiger partial charge >= 0.3 is 0 Å². The number of nitrogens with zero attached hydrogens (tertiary/aromatic N) is 1. The molecule has 0 aliphatic carbocycles. The van der Waals surface area contributed by atoms with E-state index in [4.69, 9.17) is 0 Å². The first-order chi connectivity index (χ1) is 12.4. The average molecular weight is 365 g/mol. The van der Waals surface area contributed by atoms with Crippen LogP contribution in [0.25, 0.3) is 10.9 Å². The Labute approximate surface area is 159 Å². The normalized spacial score (nSPS) is 11.5. The molecule has 0 atom stereocenters. The highest BCUT2D eigenvalue weighted by Crippen LogP contribution is 2.24. The van der Waals surface area contributed by atoms with Crippen molar-refractivity contribution >= 4 is 34.3 Å². The molecule has 0 aliphatic heterocycles. The standard InChI is InChI=1S/C22H24N2OS/c1-22(2,3)17-9-11-18(12-10-17)23-20(25)14-15-26-21-13-8-16-6-4-5-7-19(16)24-21/h4-13H,14-15H2,1-3H3,(H,23,25). The van der Waals surface area contributed by atoms with Crippen molar-refractivity contribution < 1.29 is 4.79 Å². The molecule has 1 aromatic heterocycles. The van der Waals surface area contributed by atoms with Crippen molar-refractivity contribution in [3.63, 3.8) is 0 Å². The number of benzene rings is 2. The molecule has 0 unspecified atom stereocenters. The van der Waals surface area contributed by atoms with Gasteiger partial charge in [-0.15, -0.1) is 11.8 Å². The van der Waals surface area contributed by atoms with Crippen molar-refractivity contribution in [2.45, 2.75) is 37.6 Å². The second kappa shape index (κ2) is 7.92. The first kappa shape index (κ1) is 18.5. The number of carbonyl (C=O) groups is 1. The molecule has 4 heteroatoms. The summed E-state index contributed by atoms with van der Waals surface area (Å²) in [5.41, 5.74) is 3.21. The van der Waals surface area contributed by atoms with Crippen LogP contribution < -0.4 is 5.32 Å². The van der Waals surface area contributed by atoms with Crippen molar-refractivity contribution in [3.05, 3.63) is 66.2 Å². The fraction of sp³-hybridized carbons (Fsp3) is 0.273. The summed E-state index contributed by atoms with van der Waals surface area (Å²) in [6, 6.07) is 20.2. The van der Waals surface area contributed by atoms with Crippen LogP contribution in [0.3, 0.4) is 0 Å². The van der Waals surface area contributed by atoms with Gasteiger partial charge < -0.3 is 5.32 Å². The van der Waals surface area contributed by atoms with Crippen LogP contribution in [0.2, 0.25) is 0 Å². The van der Waals surface area contributed by atoms with E-state index >= 15 is 0 Å². The fourth-order valence-corrected chi connectivity index (χ4v) is 3.48. The van der Waals surface area contributed by atoms with E-state index in [2.05, 4.69) is 55.3 Å². The number of thioether (sulfide) groups is 1. The lowest BCUT2D eigenvalue weighted by Gasteiger charge is -2.19. The topological polar surface area (TPSA) is 42.0 Å². The van der Waals surface area contributed by atoms with Gasteiger partial charge in [0.05, 0.1) is 10.5 Å². The van der Waals surface area contributed by atoms with Crippen LogP contribution >= 0.6 is 11.8 Å². The Morgan fingerprint density at radius 3 is 2.46 bits per heavy atom. The van der Waals surface area contributed by atoms with Crippen LogP contribution in [0.5, 0.6) is 0 Å². The highest BCUT2D eigenvalue weighted by atomic mass is 32.2. The van der Waals surface area contributed by atoms with E-state index in [1.165, 1.54) is 5.56 Å². The monoisotopic (exact) mass is 364 g/mol. The van der Waals surface area contributed by atoms with Gasteiger partial charge in [-0.1, -0.05) is 57.2 Å². The summed E-state index contributed by atoms with van der Waals surface area (Å²) in [4.78, 5) is 16.8. The van der Waals surface area contributed by atoms with Crippen LogP contribution in [-0.4, -0.2) is 16.6 Å². The maximum atomic E-state index is 12.2. The molecule has 3 aromatic rings. The first-order valence-corrected chi connectivity index (χ1v) is 9.79. The van der Waals surface area contributed by atoms with Crippen molar-refractivity contribution in [1.82, 2.24) is 4.98 Å². The Morgan fingerprint density at radius 1 is 1.00 bits per heavy atom. The second-order valence-corrected chi connectivity index (χ2v) is 8.43. The molecule has 0 fully saturated rings. The van der Waals surface area contributed by atoms with Gasteiger partial charge in [0.25, 0.3) is 0 Å². The number of nitrogens with one attached hydrogen (secondary N) is 1. The number of anilines is 1. The van der Waals surface area contributed by atoms with Crippen LogP contribution in [-0.2, 0) is 10.2 Å². The Bertz CT molecular complexity index is 898. The summed E-state index contributed by atoms with van der Waals surface area (Å²) in [7, 11) is 0. The van der Waals surface area contributed by atoms with E-state index in [0.717, 1.165) is 21.6 Å². The minimum Gasteiger partial charge on any atom is -0.326 e. The Morgan fingerprint density at radius 2 is 1.73 bits per heavy atom. The minimum absolute atomic E-state index is 0.0294. The molecule has 1 amide bonds. The van der Waals surface area contributed by atoms with Crippen molar-refractivity contribution in [1.29, 1.82) is 0 Å². The molecule has 134 valence electrons. The molecule has 3 nitrogen and oxygen atoms in total. The summed E-state index contributed by atoms with van der Waals surface area (Å²) >= 11 is 1.61. The molecule has 1 heterocycles. The smallest absolute Gasteiger partial charge is 0.225 e. The lowest BCUT2D eigenvalue weighted by molar-refractivity contribution is -0.115. The molecule has 0 saturated carbocycles. The second-order valence-electron chi connectivity index (χ2n) is 7.32. The minimum atomic E-state index is 0.0294. The van der Waals surface area contributed by atoms with Gasteiger partial charge in [-0.2, -0.15) is 0 Å². The van der Waals surface area contributed by atoms with Crippen LogP contribution in [0.15, 0.2) is 65.7 Å². The summed E-state index contributed by atoms with van der Waals surface area (Å²) < 4.78 is 0. The third-order valence-corrected chi connectivity index (χ3v) is 5.12. The van der Waals surface area contributed by atoms with E-state index in [1.807, 2.05) is 36.4 Å². The van der Waals surface area contributed by atoms with Gasteiger partial charge in [0.2, 0.25) is 5.91 Å². The number of aromatic nitrogens is 1. The third kappa shape index (κ3) is 4.85.